The highest BCUT2D eigenvalue weighted by molar-refractivity contribution is 7.87. The quantitative estimate of drug-likeness (QED) is 0.553. The molecule has 0 aromatic rings. The largest absolute Gasteiger partial charge is 0.411 e. The molecular formula is C9H19N3O3S. The molecule has 0 radical (unpaired) electrons. The minimum Gasteiger partial charge on any atom is -0.411 e. The van der Waals surface area contributed by atoms with Crippen LogP contribution in [0.5, 0.6) is 0 Å². The molecule has 1 aliphatic heterocycles. The minimum absolute atomic E-state index is 0.366. The van der Waals surface area contributed by atoms with Gasteiger partial charge in [-0.05, 0) is 20.8 Å². The Kier molecular flexibility index (Phi) is 3.92. The highest BCUT2D eigenvalue weighted by atomic mass is 32.2. The van der Waals surface area contributed by atoms with Crippen LogP contribution in [0.3, 0.4) is 0 Å². The molecule has 7 heteroatoms. The minimum atomic E-state index is -3.43. The molecule has 6 nitrogen and oxygen atoms in total. The molecule has 1 saturated heterocycles. The summed E-state index contributed by atoms with van der Waals surface area (Å²) in [6.45, 7) is 6.13. The monoisotopic (exact) mass is 249 g/mol. The van der Waals surface area contributed by atoms with E-state index in [1.807, 2.05) is 0 Å². The molecule has 2 N–H and O–H groups in total. The summed E-state index contributed by atoms with van der Waals surface area (Å²) in [7, 11) is -3.43. The summed E-state index contributed by atoms with van der Waals surface area (Å²) in [6, 6.07) is 0. The molecule has 0 saturated carbocycles. The van der Waals surface area contributed by atoms with Crippen molar-refractivity contribution in [3.8, 4) is 0 Å². The van der Waals surface area contributed by atoms with Crippen molar-refractivity contribution in [2.45, 2.75) is 39.2 Å². The van der Waals surface area contributed by atoms with Crippen LogP contribution in [-0.4, -0.2) is 42.3 Å². The first-order chi connectivity index (χ1) is 7.24. The van der Waals surface area contributed by atoms with Crippen LogP contribution in [-0.2, 0) is 10.2 Å². The van der Waals surface area contributed by atoms with E-state index in [0.717, 1.165) is 0 Å². The molecule has 16 heavy (non-hydrogen) atoms. The smallest absolute Gasteiger partial charge is 0.279 e. The molecule has 0 atom stereocenters. The summed E-state index contributed by atoms with van der Waals surface area (Å²) in [5.74, 6) is 0. The van der Waals surface area contributed by atoms with Crippen molar-refractivity contribution >= 4 is 15.9 Å². The highest BCUT2D eigenvalue weighted by Crippen LogP contribution is 2.13. The zero-order chi connectivity index (χ0) is 12.4. The molecule has 0 amide bonds. The number of piperidine rings is 1. The van der Waals surface area contributed by atoms with Gasteiger partial charge in [-0.3, -0.25) is 0 Å². The lowest BCUT2D eigenvalue weighted by molar-refractivity contribution is 0.308. The average molecular weight is 249 g/mol. The Morgan fingerprint density at radius 1 is 1.31 bits per heavy atom. The fraction of sp³-hybridized carbons (Fsp3) is 0.889. The molecule has 0 aliphatic carbocycles. The fourth-order valence-electron chi connectivity index (χ4n) is 1.54. The van der Waals surface area contributed by atoms with Gasteiger partial charge in [0.15, 0.2) is 0 Å². The van der Waals surface area contributed by atoms with Crippen molar-refractivity contribution < 1.29 is 13.6 Å². The van der Waals surface area contributed by atoms with Gasteiger partial charge in [0.1, 0.15) is 0 Å². The Morgan fingerprint density at radius 3 is 2.19 bits per heavy atom. The zero-order valence-electron chi connectivity index (χ0n) is 9.89. The lowest BCUT2D eigenvalue weighted by Crippen LogP contribution is -2.51. The Bertz CT molecular complexity index is 360. The van der Waals surface area contributed by atoms with Crippen molar-refractivity contribution in [3.63, 3.8) is 0 Å². The zero-order valence-corrected chi connectivity index (χ0v) is 10.7. The third kappa shape index (κ3) is 3.73. The van der Waals surface area contributed by atoms with Gasteiger partial charge >= 0.3 is 0 Å². The van der Waals surface area contributed by atoms with E-state index in [4.69, 9.17) is 5.21 Å². The van der Waals surface area contributed by atoms with Gasteiger partial charge in [-0.2, -0.15) is 17.4 Å². The van der Waals surface area contributed by atoms with E-state index < -0.39 is 15.7 Å². The van der Waals surface area contributed by atoms with E-state index in [1.165, 1.54) is 4.31 Å². The number of rotatable bonds is 2. The normalized spacial score (nSPS) is 19.8. The molecule has 1 heterocycles. The summed E-state index contributed by atoms with van der Waals surface area (Å²) in [5, 5.41) is 11.7. The van der Waals surface area contributed by atoms with Crippen LogP contribution in [0.1, 0.15) is 33.6 Å². The van der Waals surface area contributed by atoms with E-state index in [-0.39, 0.29) is 0 Å². The lowest BCUT2D eigenvalue weighted by Gasteiger charge is -2.30. The van der Waals surface area contributed by atoms with Crippen LogP contribution >= 0.6 is 0 Å². The molecule has 94 valence electrons. The summed E-state index contributed by atoms with van der Waals surface area (Å²) in [5.41, 5.74) is 0.173. The maximum atomic E-state index is 11.9. The van der Waals surface area contributed by atoms with Gasteiger partial charge < -0.3 is 5.21 Å². The Morgan fingerprint density at radius 2 is 1.81 bits per heavy atom. The fourth-order valence-corrected chi connectivity index (χ4v) is 3.10. The molecule has 0 unspecified atom stereocenters. The summed E-state index contributed by atoms with van der Waals surface area (Å²) in [6.07, 6.45) is 0.975. The molecule has 0 spiro atoms. The van der Waals surface area contributed by atoms with Crippen molar-refractivity contribution in [1.29, 1.82) is 0 Å². The number of oxime groups is 1. The van der Waals surface area contributed by atoms with E-state index in [2.05, 4.69) is 9.88 Å². The number of nitrogens with one attached hydrogen (secondary N) is 1. The summed E-state index contributed by atoms with van der Waals surface area (Å²) in [4.78, 5) is 0. The average Bonchev–Trinajstić information content (AvgIpc) is 2.14. The van der Waals surface area contributed by atoms with Crippen molar-refractivity contribution in [2.75, 3.05) is 13.1 Å². The molecule has 0 aromatic heterocycles. The van der Waals surface area contributed by atoms with Crippen LogP contribution < -0.4 is 4.72 Å². The lowest BCUT2D eigenvalue weighted by atomic mass is 10.1. The third-order valence-electron chi connectivity index (χ3n) is 2.22. The van der Waals surface area contributed by atoms with E-state index in [1.54, 1.807) is 20.8 Å². The van der Waals surface area contributed by atoms with Gasteiger partial charge in [0, 0.05) is 31.5 Å². The Balaban J connectivity index is 2.66. The number of hydrogen-bond acceptors (Lipinski definition) is 4. The highest BCUT2D eigenvalue weighted by Gasteiger charge is 2.29. The second kappa shape index (κ2) is 4.68. The predicted octanol–water partition coefficient (Wildman–Crippen LogP) is 0.545. The van der Waals surface area contributed by atoms with Crippen LogP contribution in [0.2, 0.25) is 0 Å². The molecule has 1 rings (SSSR count). The van der Waals surface area contributed by atoms with Crippen LogP contribution in [0, 0.1) is 0 Å². The predicted molar refractivity (Wildman–Crippen MR) is 61.8 cm³/mol. The Labute approximate surface area is 96.5 Å². The molecule has 1 aliphatic rings. The van der Waals surface area contributed by atoms with E-state index >= 15 is 0 Å². The first kappa shape index (κ1) is 13.4. The van der Waals surface area contributed by atoms with Crippen molar-refractivity contribution in [3.05, 3.63) is 0 Å². The number of hydrogen-bond donors (Lipinski definition) is 2. The maximum absolute atomic E-state index is 11.9. The SMILES string of the molecule is CC(C)(C)NS(=O)(=O)N1CCC(=NO)CC1. The Hall–Kier alpha value is -0.660. The van der Waals surface area contributed by atoms with Crippen LogP contribution in [0.25, 0.3) is 0 Å². The van der Waals surface area contributed by atoms with Gasteiger partial charge in [-0.15, -0.1) is 0 Å². The van der Waals surface area contributed by atoms with Gasteiger partial charge in [-0.25, -0.2) is 0 Å². The topological polar surface area (TPSA) is 82.0 Å². The molecule has 0 aromatic carbocycles. The van der Waals surface area contributed by atoms with E-state index in [9.17, 15) is 8.42 Å². The van der Waals surface area contributed by atoms with Gasteiger partial charge in [0.05, 0.1) is 5.71 Å². The number of nitrogens with zero attached hydrogens (tertiary/aromatic N) is 2. The second-order valence-corrected chi connectivity index (χ2v) is 6.59. The van der Waals surface area contributed by atoms with E-state index in [0.29, 0.717) is 31.6 Å². The van der Waals surface area contributed by atoms with Gasteiger partial charge in [0.2, 0.25) is 0 Å². The summed E-state index contributed by atoms with van der Waals surface area (Å²) < 4.78 is 27.8. The third-order valence-corrected chi connectivity index (χ3v) is 4.13. The van der Waals surface area contributed by atoms with Crippen LogP contribution in [0.15, 0.2) is 5.16 Å². The van der Waals surface area contributed by atoms with Gasteiger partial charge in [-0.1, -0.05) is 5.16 Å². The van der Waals surface area contributed by atoms with Gasteiger partial charge in [0.25, 0.3) is 10.2 Å². The maximum Gasteiger partial charge on any atom is 0.279 e. The molecular weight excluding hydrogens is 230 g/mol. The van der Waals surface area contributed by atoms with Crippen molar-refractivity contribution in [1.82, 2.24) is 9.03 Å². The second-order valence-electron chi connectivity index (χ2n) is 4.92. The summed E-state index contributed by atoms with van der Waals surface area (Å²) >= 11 is 0. The first-order valence-electron chi connectivity index (χ1n) is 5.23. The standard InChI is InChI=1S/C9H19N3O3S/c1-9(2,3)11-16(14,15)12-6-4-8(10-13)5-7-12/h11,13H,4-7H2,1-3H3. The molecule has 0 bridgehead atoms. The van der Waals surface area contributed by atoms with Crippen molar-refractivity contribution in [2.24, 2.45) is 5.16 Å². The first-order valence-corrected chi connectivity index (χ1v) is 6.67. The van der Waals surface area contributed by atoms with Crippen LogP contribution in [0.4, 0.5) is 0 Å². The molecule has 1 fully saturated rings.